The number of benzene rings is 1. The Morgan fingerprint density at radius 3 is 2.18 bits per heavy atom. The molecule has 2 saturated heterocycles. The molecule has 2 aliphatic rings. The molecule has 2 heterocycles. The Morgan fingerprint density at radius 2 is 1.50 bits per heavy atom. The van der Waals surface area contributed by atoms with Gasteiger partial charge in [-0.05, 0) is 50.5 Å². The third-order valence-electron chi connectivity index (χ3n) is 10.2. The lowest BCUT2D eigenvalue weighted by Gasteiger charge is -2.25. The van der Waals surface area contributed by atoms with E-state index in [0.717, 1.165) is 25.0 Å². The summed E-state index contributed by atoms with van der Waals surface area (Å²) < 4.78 is 0. The highest BCUT2D eigenvalue weighted by molar-refractivity contribution is 8.00. The third kappa shape index (κ3) is 17.0. The first-order valence-corrected chi connectivity index (χ1v) is 21.3. The summed E-state index contributed by atoms with van der Waals surface area (Å²) >= 11 is 1.84. The van der Waals surface area contributed by atoms with Gasteiger partial charge in [-0.3, -0.25) is 43.6 Å². The number of thioether (sulfide) groups is 1. The molecule has 20 nitrogen and oxygen atoms in total. The second-order valence-electron chi connectivity index (χ2n) is 15.3. The van der Waals surface area contributed by atoms with Crippen LogP contribution in [0, 0.1) is 11.8 Å². The molecule has 7 atom stereocenters. The van der Waals surface area contributed by atoms with E-state index >= 15 is 0 Å². The van der Waals surface area contributed by atoms with E-state index in [4.69, 9.17) is 10.9 Å². The van der Waals surface area contributed by atoms with Crippen molar-refractivity contribution in [3.63, 3.8) is 0 Å². The van der Waals surface area contributed by atoms with Gasteiger partial charge in [0.15, 0.2) is 0 Å². The van der Waals surface area contributed by atoms with Crippen molar-refractivity contribution in [2.45, 2.75) is 114 Å². The lowest BCUT2D eigenvalue weighted by molar-refractivity contribution is -0.137. The smallest absolute Gasteiger partial charge is 0.315 e. The number of rotatable bonds is 26. The van der Waals surface area contributed by atoms with Crippen molar-refractivity contribution in [3.8, 4) is 0 Å². The minimum atomic E-state index is -1.15. The number of hydroxylamine groups is 1. The summed E-state index contributed by atoms with van der Waals surface area (Å²) in [5.41, 5.74) is 7.69. The number of primary amides is 1. The van der Waals surface area contributed by atoms with E-state index in [1.165, 1.54) is 12.4 Å². The van der Waals surface area contributed by atoms with Crippen molar-refractivity contribution in [1.82, 2.24) is 48.0 Å². The molecular formula is C39H60N10O10S. The van der Waals surface area contributed by atoms with Crippen molar-refractivity contribution in [1.29, 1.82) is 0 Å². The van der Waals surface area contributed by atoms with E-state index in [9.17, 15) is 43.2 Å². The van der Waals surface area contributed by atoms with E-state index in [2.05, 4.69) is 42.5 Å². The summed E-state index contributed by atoms with van der Waals surface area (Å²) in [6.07, 6.45) is 3.88. The Kier molecular flexibility index (Phi) is 20.6. The second kappa shape index (κ2) is 25.2. The molecule has 3 rings (SSSR count). The summed E-state index contributed by atoms with van der Waals surface area (Å²) in [5, 5.41) is 30.4. The molecule has 0 saturated carbocycles. The van der Waals surface area contributed by atoms with Crippen LogP contribution in [0.5, 0.6) is 0 Å². The Labute approximate surface area is 353 Å². The number of amides is 10. The standard InChI is InChI=1S/C39H60N10O10S/c1-22(2)25(18-31(51)49-59)37(56)46-27(17-24-11-5-4-6-12-24)38(57)44-23(3)36(55)43-19-32(52)42-20-33(53)45-26(35(40)54)13-9-10-16-41-30(50)15-8-7-14-29-34-28(21-60-29)47-39(58)48-34/h4-6,11-12,22-23,25-29,34,59H,7-10,13-21H2,1-3H3,(H2,40,54)(H,41,50)(H,42,52)(H,43,55)(H,44,57)(H,45,53)(H,46,56)(H,49,51)(H2,47,48,58)/t23-,25?,26-,27-,28-,29-,34-/m0/s1. The lowest BCUT2D eigenvalue weighted by Crippen LogP contribution is -2.55. The largest absolute Gasteiger partial charge is 0.368 e. The fraction of sp³-hybridized carbons (Fsp3) is 0.615. The number of nitrogens with one attached hydrogen (secondary N) is 9. The zero-order chi connectivity index (χ0) is 44.2. The predicted molar refractivity (Wildman–Crippen MR) is 221 cm³/mol. The summed E-state index contributed by atoms with van der Waals surface area (Å²) in [6, 6.07) is 5.71. The molecule has 0 aromatic heterocycles. The number of fused-ring (bicyclic) bond motifs is 1. The van der Waals surface area contributed by atoms with Crippen molar-refractivity contribution in [2.24, 2.45) is 17.6 Å². The van der Waals surface area contributed by atoms with Gasteiger partial charge in [0.1, 0.15) is 18.1 Å². The zero-order valence-electron chi connectivity index (χ0n) is 34.3. The van der Waals surface area contributed by atoms with Gasteiger partial charge in [-0.2, -0.15) is 11.8 Å². The van der Waals surface area contributed by atoms with E-state index in [0.29, 0.717) is 36.6 Å². The fourth-order valence-corrected chi connectivity index (χ4v) is 8.29. The Morgan fingerprint density at radius 1 is 0.783 bits per heavy atom. The molecular weight excluding hydrogens is 801 g/mol. The molecule has 10 amide bonds. The number of carbonyl (C=O) groups is 9. The van der Waals surface area contributed by atoms with Crippen LogP contribution in [-0.4, -0.2) is 119 Å². The quantitative estimate of drug-likeness (QED) is 0.0223. The molecule has 0 radical (unpaired) electrons. The summed E-state index contributed by atoms with van der Waals surface area (Å²) in [7, 11) is 0. The fourth-order valence-electron chi connectivity index (χ4n) is 6.75. The second-order valence-corrected chi connectivity index (χ2v) is 16.6. The maximum atomic E-state index is 13.3. The van der Waals surface area contributed by atoms with Crippen molar-refractivity contribution in [3.05, 3.63) is 35.9 Å². The zero-order valence-corrected chi connectivity index (χ0v) is 35.1. The number of unbranched alkanes of at least 4 members (excludes halogenated alkanes) is 2. The number of carbonyl (C=O) groups excluding carboxylic acids is 9. The molecule has 1 unspecified atom stereocenters. The molecule has 2 fully saturated rings. The monoisotopic (exact) mass is 860 g/mol. The molecule has 60 heavy (non-hydrogen) atoms. The molecule has 12 N–H and O–H groups in total. The Balaban J connectivity index is 1.33. The van der Waals surface area contributed by atoms with Crippen molar-refractivity contribution in [2.75, 3.05) is 25.4 Å². The summed E-state index contributed by atoms with van der Waals surface area (Å²) in [5.74, 6) is -5.32. The summed E-state index contributed by atoms with van der Waals surface area (Å²) in [4.78, 5) is 112. The van der Waals surface area contributed by atoms with E-state index in [1.54, 1.807) is 44.2 Å². The van der Waals surface area contributed by atoms with Crippen LogP contribution in [0.3, 0.4) is 0 Å². The van der Waals surface area contributed by atoms with Crippen molar-refractivity contribution < 1.29 is 48.4 Å². The lowest BCUT2D eigenvalue weighted by atomic mass is 9.90. The number of urea groups is 1. The van der Waals surface area contributed by atoms with Gasteiger partial charge in [0.2, 0.25) is 47.3 Å². The first-order valence-electron chi connectivity index (χ1n) is 20.2. The van der Waals surface area contributed by atoms with Crippen LogP contribution in [0.2, 0.25) is 0 Å². The molecule has 21 heteroatoms. The van der Waals surface area contributed by atoms with E-state index < -0.39 is 78.5 Å². The first kappa shape index (κ1) is 48.9. The van der Waals surface area contributed by atoms with Gasteiger partial charge in [0, 0.05) is 42.7 Å². The molecule has 332 valence electrons. The van der Waals surface area contributed by atoms with Gasteiger partial charge < -0.3 is 48.3 Å². The Bertz CT molecular complexity index is 1670. The maximum absolute atomic E-state index is 13.3. The highest BCUT2D eigenvalue weighted by Crippen LogP contribution is 2.33. The van der Waals surface area contributed by atoms with Crippen LogP contribution >= 0.6 is 11.8 Å². The highest BCUT2D eigenvalue weighted by Gasteiger charge is 2.42. The van der Waals surface area contributed by atoms with E-state index in [-0.39, 0.29) is 49.2 Å². The number of hydrogen-bond acceptors (Lipinski definition) is 11. The van der Waals surface area contributed by atoms with Gasteiger partial charge >= 0.3 is 6.03 Å². The molecule has 1 aromatic carbocycles. The predicted octanol–water partition coefficient (Wildman–Crippen LogP) is -1.40. The van der Waals surface area contributed by atoms with Gasteiger partial charge in [0.05, 0.1) is 25.2 Å². The van der Waals surface area contributed by atoms with Crippen LogP contribution in [-0.2, 0) is 44.8 Å². The van der Waals surface area contributed by atoms with Gasteiger partial charge in [0.25, 0.3) is 0 Å². The Hall–Kier alpha value is -5.44. The topological polar surface area (TPSA) is 308 Å². The van der Waals surface area contributed by atoms with Crippen LogP contribution < -0.4 is 53.7 Å². The van der Waals surface area contributed by atoms with Gasteiger partial charge in [-0.1, -0.05) is 50.6 Å². The normalized spacial score (nSPS) is 18.6. The molecule has 0 bridgehead atoms. The minimum Gasteiger partial charge on any atom is -0.368 e. The highest BCUT2D eigenvalue weighted by atomic mass is 32.2. The number of nitrogens with two attached hydrogens (primary N) is 1. The van der Waals surface area contributed by atoms with Crippen molar-refractivity contribution >= 4 is 65.1 Å². The van der Waals surface area contributed by atoms with Gasteiger partial charge in [-0.25, -0.2) is 10.3 Å². The van der Waals surface area contributed by atoms with Crippen LogP contribution in [0.1, 0.15) is 77.7 Å². The molecule has 1 aromatic rings. The van der Waals surface area contributed by atoms with Crippen LogP contribution in [0.15, 0.2) is 30.3 Å². The minimum absolute atomic E-state index is 0.0633. The van der Waals surface area contributed by atoms with Crippen LogP contribution in [0.4, 0.5) is 4.79 Å². The summed E-state index contributed by atoms with van der Waals surface area (Å²) in [6.45, 7) is 4.15. The van der Waals surface area contributed by atoms with Gasteiger partial charge in [-0.15, -0.1) is 0 Å². The molecule has 0 spiro atoms. The maximum Gasteiger partial charge on any atom is 0.315 e. The molecule has 0 aliphatic carbocycles. The number of hydrogen-bond donors (Lipinski definition) is 11. The SMILES string of the molecule is CC(C)C(CC(=O)NO)C(=O)N[C@@H](Cc1ccccc1)C(=O)N[C@@H](C)C(=O)NCC(=O)NCC(=O)N[C@@H](CCCCNC(=O)CCCC[C@@H]1SC[C@@H]2NC(=O)N[C@@H]21)C(N)=O. The third-order valence-corrected chi connectivity index (χ3v) is 11.7. The van der Waals surface area contributed by atoms with Crippen LogP contribution in [0.25, 0.3) is 0 Å². The average Bonchev–Trinajstić information content (AvgIpc) is 3.77. The van der Waals surface area contributed by atoms with E-state index in [1.807, 2.05) is 11.8 Å². The molecule has 2 aliphatic heterocycles. The average molecular weight is 861 g/mol. The first-order chi connectivity index (χ1) is 28.6.